The number of halogens is 6. The number of carboxylic acid groups (broad SMARTS) is 2. The summed E-state index contributed by atoms with van der Waals surface area (Å²) in [4.78, 5) is 23.1. The van der Waals surface area contributed by atoms with Crippen LogP contribution in [0, 0.1) is 17.8 Å². The molecule has 4 rings (SSSR count). The van der Waals surface area contributed by atoms with E-state index in [2.05, 4.69) is 26.1 Å². The summed E-state index contributed by atoms with van der Waals surface area (Å²) in [5, 5.41) is 21.4. The Morgan fingerprint density at radius 2 is 1.58 bits per heavy atom. The van der Waals surface area contributed by atoms with Gasteiger partial charge in [-0.15, -0.1) is 0 Å². The van der Waals surface area contributed by atoms with Gasteiger partial charge in [0.15, 0.2) is 0 Å². The zero-order chi connectivity index (χ0) is 26.9. The fraction of sp³-hybridized carbons (Fsp3) is 0.762. The summed E-state index contributed by atoms with van der Waals surface area (Å²) in [6, 6.07) is 2.10. The third kappa shape index (κ3) is 9.93. The van der Waals surface area contributed by atoms with Crippen LogP contribution in [0.4, 0.5) is 26.3 Å². The van der Waals surface area contributed by atoms with E-state index in [4.69, 9.17) is 24.5 Å². The number of carbonyl (C=O) groups is 2. The standard InChI is InChI=1S/C17H28N4O.2C2HF3O2/c1-2-14(10-20-6-8-22-9-7-20)17-13-21(11-15(17)3-1)12-16-4-5-18-19-16;2*3-2(4,5)1(6)7/h4-5,14-15,17H,1-3,6-13H2,(H,18,19);2*(H,6,7)/t14-,15+,17+;;/m0../s1. The molecule has 36 heavy (non-hydrogen) atoms. The van der Waals surface area contributed by atoms with Crippen molar-refractivity contribution in [2.45, 2.75) is 38.2 Å². The van der Waals surface area contributed by atoms with Crippen LogP contribution in [0.25, 0.3) is 0 Å². The number of likely N-dealkylation sites (tertiary alicyclic amines) is 1. The van der Waals surface area contributed by atoms with Crippen molar-refractivity contribution >= 4 is 11.9 Å². The van der Waals surface area contributed by atoms with Gasteiger partial charge < -0.3 is 14.9 Å². The summed E-state index contributed by atoms with van der Waals surface area (Å²) in [6.07, 6.45) is -4.02. The minimum atomic E-state index is -5.08. The Bertz CT molecular complexity index is 791. The molecule has 2 aliphatic heterocycles. The predicted molar refractivity (Wildman–Crippen MR) is 113 cm³/mol. The fourth-order valence-corrected chi connectivity index (χ4v) is 4.77. The number of nitrogens with one attached hydrogen (secondary N) is 1. The van der Waals surface area contributed by atoms with Gasteiger partial charge in [-0.1, -0.05) is 6.42 Å². The highest BCUT2D eigenvalue weighted by Gasteiger charge is 2.41. The Hall–Kier alpha value is -2.39. The van der Waals surface area contributed by atoms with E-state index in [1.807, 2.05) is 6.20 Å². The zero-order valence-electron chi connectivity index (χ0n) is 19.4. The quantitative estimate of drug-likeness (QED) is 0.507. The minimum Gasteiger partial charge on any atom is -0.475 e. The first-order valence-corrected chi connectivity index (χ1v) is 11.4. The van der Waals surface area contributed by atoms with Gasteiger partial charge in [0.1, 0.15) is 0 Å². The molecule has 0 bridgehead atoms. The van der Waals surface area contributed by atoms with Crippen LogP contribution in [0.1, 0.15) is 25.0 Å². The molecular formula is C21H30F6N4O5. The van der Waals surface area contributed by atoms with E-state index < -0.39 is 24.3 Å². The Kier molecular flexibility index (Phi) is 11.0. The highest BCUT2D eigenvalue weighted by Crippen LogP contribution is 2.40. The van der Waals surface area contributed by atoms with Gasteiger partial charge in [-0.25, -0.2) is 9.59 Å². The molecule has 0 spiro atoms. The molecule has 3 fully saturated rings. The first-order valence-electron chi connectivity index (χ1n) is 11.4. The van der Waals surface area contributed by atoms with Gasteiger partial charge in [0.05, 0.1) is 13.2 Å². The average Bonchev–Trinajstić information content (AvgIpc) is 3.44. The molecule has 9 nitrogen and oxygen atoms in total. The van der Waals surface area contributed by atoms with E-state index in [0.717, 1.165) is 50.6 Å². The molecule has 0 unspecified atom stereocenters. The van der Waals surface area contributed by atoms with E-state index >= 15 is 0 Å². The monoisotopic (exact) mass is 532 g/mol. The summed E-state index contributed by atoms with van der Waals surface area (Å²) >= 11 is 0. The van der Waals surface area contributed by atoms with Crippen molar-refractivity contribution in [1.82, 2.24) is 20.0 Å². The van der Waals surface area contributed by atoms with E-state index in [1.54, 1.807) is 0 Å². The number of morpholine rings is 1. The molecule has 1 aromatic heterocycles. The number of rotatable bonds is 4. The molecule has 0 amide bonds. The molecule has 2 saturated heterocycles. The van der Waals surface area contributed by atoms with Crippen LogP contribution in [0.15, 0.2) is 12.3 Å². The van der Waals surface area contributed by atoms with Gasteiger partial charge in [-0.3, -0.25) is 14.9 Å². The molecule has 3 aliphatic rings. The maximum atomic E-state index is 10.6. The van der Waals surface area contributed by atoms with Crippen molar-refractivity contribution in [1.29, 1.82) is 0 Å². The molecule has 0 aromatic carbocycles. The number of ether oxygens (including phenoxy) is 1. The fourth-order valence-electron chi connectivity index (χ4n) is 4.77. The van der Waals surface area contributed by atoms with Crippen LogP contribution in [0.5, 0.6) is 0 Å². The second kappa shape index (κ2) is 13.2. The van der Waals surface area contributed by atoms with Crippen LogP contribution >= 0.6 is 0 Å². The zero-order valence-corrected chi connectivity index (χ0v) is 19.4. The van der Waals surface area contributed by atoms with Gasteiger partial charge in [0.2, 0.25) is 0 Å². The SMILES string of the molecule is O=C(O)C(F)(F)F.O=C(O)C(F)(F)F.c1cc(CN2C[C@H]3CCC[C@@H](CN4CCOCC4)[C@H]3C2)[nH]n1. The predicted octanol–water partition coefficient (Wildman–Crippen LogP) is 2.86. The molecule has 1 aliphatic carbocycles. The van der Waals surface area contributed by atoms with E-state index in [-0.39, 0.29) is 0 Å². The number of fused-ring (bicyclic) bond motifs is 1. The molecule has 1 saturated carbocycles. The lowest BCUT2D eigenvalue weighted by molar-refractivity contribution is -0.193. The van der Waals surface area contributed by atoms with Gasteiger partial charge in [-0.05, 0) is 36.7 Å². The topological polar surface area (TPSA) is 119 Å². The molecular weight excluding hydrogens is 502 g/mol. The highest BCUT2D eigenvalue weighted by molar-refractivity contribution is 5.73. The first kappa shape index (κ1) is 29.8. The number of aromatic amines is 1. The van der Waals surface area contributed by atoms with Gasteiger partial charge in [-0.2, -0.15) is 31.4 Å². The maximum Gasteiger partial charge on any atom is 0.490 e. The molecule has 206 valence electrons. The second-order valence-electron chi connectivity index (χ2n) is 8.91. The number of carboxylic acids is 2. The summed E-state index contributed by atoms with van der Waals surface area (Å²) in [6.45, 7) is 9.00. The van der Waals surface area contributed by atoms with Gasteiger partial charge in [0, 0.05) is 51.2 Å². The Labute approximate surface area is 203 Å². The number of hydrogen-bond donors (Lipinski definition) is 3. The van der Waals surface area contributed by atoms with Crippen LogP contribution in [0.2, 0.25) is 0 Å². The lowest BCUT2D eigenvalue weighted by Gasteiger charge is -2.37. The summed E-state index contributed by atoms with van der Waals surface area (Å²) in [7, 11) is 0. The number of nitrogens with zero attached hydrogens (tertiary/aromatic N) is 3. The number of alkyl halides is 6. The molecule has 0 radical (unpaired) electrons. The molecule has 3 heterocycles. The van der Waals surface area contributed by atoms with Crippen molar-refractivity contribution in [3.63, 3.8) is 0 Å². The molecule has 15 heteroatoms. The highest BCUT2D eigenvalue weighted by atomic mass is 19.4. The largest absolute Gasteiger partial charge is 0.490 e. The van der Waals surface area contributed by atoms with Crippen LogP contribution < -0.4 is 0 Å². The van der Waals surface area contributed by atoms with E-state index in [1.165, 1.54) is 44.6 Å². The first-order chi connectivity index (χ1) is 16.8. The molecule has 3 atom stereocenters. The van der Waals surface area contributed by atoms with Crippen molar-refractivity contribution < 1.29 is 50.9 Å². The van der Waals surface area contributed by atoms with E-state index in [9.17, 15) is 26.3 Å². The normalized spacial score (nSPS) is 25.1. The summed E-state index contributed by atoms with van der Waals surface area (Å²) in [5.74, 6) is -2.80. The second-order valence-corrected chi connectivity index (χ2v) is 8.91. The number of H-pyrrole nitrogens is 1. The smallest absolute Gasteiger partial charge is 0.475 e. The van der Waals surface area contributed by atoms with Crippen LogP contribution in [0.3, 0.4) is 0 Å². The van der Waals surface area contributed by atoms with Crippen molar-refractivity contribution in [2.75, 3.05) is 45.9 Å². The number of aliphatic carboxylic acids is 2. The van der Waals surface area contributed by atoms with Crippen molar-refractivity contribution in [3.8, 4) is 0 Å². The van der Waals surface area contributed by atoms with Crippen LogP contribution in [-0.2, 0) is 20.9 Å². The van der Waals surface area contributed by atoms with Gasteiger partial charge >= 0.3 is 24.3 Å². The number of aromatic nitrogens is 2. The van der Waals surface area contributed by atoms with Crippen LogP contribution in [-0.4, -0.2) is 100 Å². The maximum absolute atomic E-state index is 10.6. The van der Waals surface area contributed by atoms with E-state index in [0.29, 0.717) is 0 Å². The molecule has 3 N–H and O–H groups in total. The Balaban J connectivity index is 0.000000271. The van der Waals surface area contributed by atoms with Crippen molar-refractivity contribution in [2.24, 2.45) is 17.8 Å². The Morgan fingerprint density at radius 1 is 1.00 bits per heavy atom. The summed E-state index contributed by atoms with van der Waals surface area (Å²) in [5.41, 5.74) is 1.25. The lowest BCUT2D eigenvalue weighted by Crippen LogP contribution is -2.43. The Morgan fingerprint density at radius 3 is 2.08 bits per heavy atom. The molecule has 1 aromatic rings. The number of hydrogen-bond acceptors (Lipinski definition) is 6. The third-order valence-corrected chi connectivity index (χ3v) is 6.36. The third-order valence-electron chi connectivity index (χ3n) is 6.36. The van der Waals surface area contributed by atoms with Gasteiger partial charge in [0.25, 0.3) is 0 Å². The average molecular weight is 532 g/mol. The summed E-state index contributed by atoms with van der Waals surface area (Å²) < 4.78 is 69.0. The van der Waals surface area contributed by atoms with Crippen molar-refractivity contribution in [3.05, 3.63) is 18.0 Å². The lowest BCUT2D eigenvalue weighted by atomic mass is 9.73. The minimum absolute atomic E-state index is 0.892.